The molecule has 0 radical (unpaired) electrons. The van der Waals surface area contributed by atoms with Crippen LogP contribution in [-0.4, -0.2) is 46.2 Å². The van der Waals surface area contributed by atoms with E-state index in [1.54, 1.807) is 13.0 Å². The van der Waals surface area contributed by atoms with Crippen molar-refractivity contribution < 1.29 is 18.4 Å². The van der Waals surface area contributed by atoms with E-state index in [1.165, 1.54) is 12.1 Å². The van der Waals surface area contributed by atoms with Gasteiger partial charge in [-0.05, 0) is 43.5 Å². The lowest BCUT2D eigenvalue weighted by Gasteiger charge is -2.19. The highest BCUT2D eigenvalue weighted by Gasteiger charge is 2.43. The van der Waals surface area contributed by atoms with Gasteiger partial charge in [-0.25, -0.2) is 4.39 Å². The molecule has 2 saturated heterocycles. The highest BCUT2D eigenvalue weighted by molar-refractivity contribution is 5.79. The Bertz CT molecular complexity index is 808. The molecular formula is C19H22FN3O3. The predicted molar refractivity (Wildman–Crippen MR) is 90.9 cm³/mol. The number of amides is 1. The number of ether oxygens (including phenoxy) is 1. The number of carbonyl (C=O) groups is 1. The molecule has 1 amide bonds. The summed E-state index contributed by atoms with van der Waals surface area (Å²) in [6, 6.07) is 4.56. The fourth-order valence-corrected chi connectivity index (χ4v) is 3.95. The molecule has 1 aromatic heterocycles. The minimum Gasteiger partial charge on any atom is -0.372 e. The van der Waals surface area contributed by atoms with Gasteiger partial charge in [0.15, 0.2) is 5.82 Å². The fourth-order valence-electron chi connectivity index (χ4n) is 3.95. The van der Waals surface area contributed by atoms with Crippen molar-refractivity contribution in [2.75, 3.05) is 13.1 Å². The van der Waals surface area contributed by atoms with Gasteiger partial charge in [0.1, 0.15) is 5.82 Å². The van der Waals surface area contributed by atoms with Crippen LogP contribution in [0, 0.1) is 25.6 Å². The summed E-state index contributed by atoms with van der Waals surface area (Å²) in [5.74, 6) is 1.38. The van der Waals surface area contributed by atoms with Crippen LogP contribution in [0.3, 0.4) is 0 Å². The van der Waals surface area contributed by atoms with Gasteiger partial charge < -0.3 is 14.2 Å². The van der Waals surface area contributed by atoms with Crippen LogP contribution in [0.5, 0.6) is 0 Å². The molecule has 2 fully saturated rings. The number of fused-ring (bicyclic) bond motifs is 1. The van der Waals surface area contributed by atoms with Crippen LogP contribution in [0.1, 0.15) is 29.3 Å². The molecule has 0 saturated carbocycles. The Kier molecular flexibility index (Phi) is 4.48. The summed E-state index contributed by atoms with van der Waals surface area (Å²) >= 11 is 0. The molecule has 2 aromatic rings. The van der Waals surface area contributed by atoms with Crippen molar-refractivity contribution in [2.45, 2.75) is 45.3 Å². The van der Waals surface area contributed by atoms with Crippen molar-refractivity contribution in [3.05, 3.63) is 46.9 Å². The molecule has 0 bridgehead atoms. The van der Waals surface area contributed by atoms with E-state index >= 15 is 0 Å². The average molecular weight is 359 g/mol. The van der Waals surface area contributed by atoms with Gasteiger partial charge in [0.25, 0.3) is 0 Å². The summed E-state index contributed by atoms with van der Waals surface area (Å²) in [6.07, 6.45) is 1.96. The summed E-state index contributed by atoms with van der Waals surface area (Å²) in [5, 5.41) is 3.80. The largest absolute Gasteiger partial charge is 0.372 e. The topological polar surface area (TPSA) is 68.5 Å². The van der Waals surface area contributed by atoms with E-state index in [4.69, 9.17) is 9.26 Å². The molecule has 138 valence electrons. The van der Waals surface area contributed by atoms with Gasteiger partial charge in [0, 0.05) is 19.0 Å². The Hall–Kier alpha value is -2.28. The molecule has 0 N–H and O–H groups in total. The lowest BCUT2D eigenvalue weighted by atomic mass is 10.0. The van der Waals surface area contributed by atoms with E-state index in [9.17, 15) is 9.18 Å². The van der Waals surface area contributed by atoms with Crippen molar-refractivity contribution in [1.29, 1.82) is 0 Å². The Labute approximate surface area is 151 Å². The quantitative estimate of drug-likeness (QED) is 0.837. The first-order valence-corrected chi connectivity index (χ1v) is 8.95. The van der Waals surface area contributed by atoms with Crippen molar-refractivity contribution in [2.24, 2.45) is 5.92 Å². The molecule has 3 heterocycles. The predicted octanol–water partition coefficient (Wildman–Crippen LogP) is 2.23. The van der Waals surface area contributed by atoms with E-state index in [0.29, 0.717) is 43.6 Å². The zero-order valence-electron chi connectivity index (χ0n) is 14.9. The number of hydrogen-bond donors (Lipinski definition) is 0. The smallest absolute Gasteiger partial charge is 0.229 e. The second-order valence-electron chi connectivity index (χ2n) is 7.28. The normalized spacial score (nSPS) is 24.9. The molecular weight excluding hydrogens is 337 g/mol. The number of rotatable bonds is 4. The van der Waals surface area contributed by atoms with Crippen LogP contribution in [-0.2, 0) is 22.4 Å². The first-order valence-electron chi connectivity index (χ1n) is 8.95. The molecule has 0 spiro atoms. The van der Waals surface area contributed by atoms with E-state index in [-0.39, 0.29) is 23.9 Å². The minimum atomic E-state index is -0.273. The number of aryl methyl sites for hydroxylation is 2. The molecule has 2 aliphatic rings. The first-order chi connectivity index (χ1) is 12.5. The SMILES string of the molecule is Cc1noc(C[C@@H]2C[C@@H]3CN(C(=O)Cc4ccc(F)cc4C)C[C@H]3O2)n1. The molecule has 26 heavy (non-hydrogen) atoms. The Balaban J connectivity index is 1.32. The van der Waals surface area contributed by atoms with Crippen molar-refractivity contribution in [1.82, 2.24) is 15.0 Å². The van der Waals surface area contributed by atoms with Crippen LogP contribution in [0.15, 0.2) is 22.7 Å². The molecule has 0 unspecified atom stereocenters. The minimum absolute atomic E-state index is 0.0708. The van der Waals surface area contributed by atoms with E-state index in [1.807, 2.05) is 11.8 Å². The van der Waals surface area contributed by atoms with Gasteiger partial charge >= 0.3 is 0 Å². The number of likely N-dealkylation sites (tertiary alicyclic amines) is 1. The Morgan fingerprint density at radius 1 is 1.35 bits per heavy atom. The first kappa shape index (κ1) is 17.1. The molecule has 7 heteroatoms. The number of aromatic nitrogens is 2. The maximum atomic E-state index is 13.2. The third-order valence-corrected chi connectivity index (χ3v) is 5.28. The Morgan fingerprint density at radius 3 is 2.88 bits per heavy atom. The van der Waals surface area contributed by atoms with E-state index < -0.39 is 0 Å². The van der Waals surface area contributed by atoms with E-state index in [2.05, 4.69) is 10.1 Å². The van der Waals surface area contributed by atoms with Gasteiger partial charge in [0.2, 0.25) is 11.8 Å². The third-order valence-electron chi connectivity index (χ3n) is 5.28. The van der Waals surface area contributed by atoms with Gasteiger partial charge in [-0.15, -0.1) is 0 Å². The second-order valence-corrected chi connectivity index (χ2v) is 7.28. The van der Waals surface area contributed by atoms with Gasteiger partial charge in [0.05, 0.1) is 25.0 Å². The van der Waals surface area contributed by atoms with Gasteiger partial charge in [-0.2, -0.15) is 4.98 Å². The maximum Gasteiger partial charge on any atom is 0.229 e. The summed E-state index contributed by atoms with van der Waals surface area (Å²) in [4.78, 5) is 18.7. The number of carbonyl (C=O) groups excluding carboxylic acids is 1. The summed E-state index contributed by atoms with van der Waals surface area (Å²) in [7, 11) is 0. The zero-order chi connectivity index (χ0) is 18.3. The average Bonchev–Trinajstić information content (AvgIpc) is 3.25. The number of halogens is 1. The zero-order valence-corrected chi connectivity index (χ0v) is 14.9. The molecule has 6 nitrogen and oxygen atoms in total. The summed E-state index contributed by atoms with van der Waals surface area (Å²) < 4.78 is 24.5. The van der Waals surface area contributed by atoms with Crippen LogP contribution in [0.2, 0.25) is 0 Å². The maximum absolute atomic E-state index is 13.2. The number of hydrogen-bond acceptors (Lipinski definition) is 5. The van der Waals surface area contributed by atoms with Crippen LogP contribution in [0.4, 0.5) is 4.39 Å². The monoisotopic (exact) mass is 359 g/mol. The fraction of sp³-hybridized carbons (Fsp3) is 0.526. The highest BCUT2D eigenvalue weighted by Crippen LogP contribution is 2.34. The molecule has 3 atom stereocenters. The van der Waals surface area contributed by atoms with E-state index in [0.717, 1.165) is 17.5 Å². The number of nitrogens with zero attached hydrogens (tertiary/aromatic N) is 3. The lowest BCUT2D eigenvalue weighted by Crippen LogP contribution is -2.33. The molecule has 2 aliphatic heterocycles. The highest BCUT2D eigenvalue weighted by atomic mass is 19.1. The second kappa shape index (κ2) is 6.79. The van der Waals surface area contributed by atoms with Crippen molar-refractivity contribution in [3.8, 4) is 0 Å². The van der Waals surface area contributed by atoms with Gasteiger partial charge in [-0.1, -0.05) is 11.2 Å². The lowest BCUT2D eigenvalue weighted by molar-refractivity contribution is -0.130. The van der Waals surface area contributed by atoms with Crippen LogP contribution in [0.25, 0.3) is 0 Å². The van der Waals surface area contributed by atoms with Crippen molar-refractivity contribution >= 4 is 5.91 Å². The third kappa shape index (κ3) is 3.49. The molecule has 4 rings (SSSR count). The molecule has 1 aromatic carbocycles. The Morgan fingerprint density at radius 2 is 2.19 bits per heavy atom. The number of benzene rings is 1. The molecule has 0 aliphatic carbocycles. The standard InChI is InChI=1S/C19H22FN3O3/c1-11-5-15(20)4-3-13(11)7-19(24)23-9-14-6-16(25-17(14)10-23)8-18-21-12(2)22-26-18/h3-5,14,16-17H,6-10H2,1-2H3/t14-,16+,17-/m1/s1. The van der Waals surface area contributed by atoms with Gasteiger partial charge in [-0.3, -0.25) is 4.79 Å². The van der Waals surface area contributed by atoms with Crippen molar-refractivity contribution in [3.63, 3.8) is 0 Å². The van der Waals surface area contributed by atoms with Crippen LogP contribution >= 0.6 is 0 Å². The summed E-state index contributed by atoms with van der Waals surface area (Å²) in [5.41, 5.74) is 1.68. The van der Waals surface area contributed by atoms with Crippen LogP contribution < -0.4 is 0 Å². The summed E-state index contributed by atoms with van der Waals surface area (Å²) in [6.45, 7) is 4.95.